The second-order valence-electron chi connectivity index (χ2n) is 5.77. The van der Waals surface area contributed by atoms with Gasteiger partial charge in [0.05, 0.1) is 0 Å². The summed E-state index contributed by atoms with van der Waals surface area (Å²) in [5.41, 5.74) is 1.45. The van der Waals surface area contributed by atoms with Gasteiger partial charge in [-0.3, -0.25) is 0 Å². The third kappa shape index (κ3) is 7.66. The second kappa shape index (κ2) is 11.1. The monoisotopic (exact) mass is 358 g/mol. The van der Waals surface area contributed by atoms with Gasteiger partial charge in [0.25, 0.3) is 0 Å². The molecule has 0 amide bonds. The van der Waals surface area contributed by atoms with E-state index in [1.807, 2.05) is 0 Å². The molecule has 18 heavy (non-hydrogen) atoms. The Kier molecular flexibility index (Phi) is 11.3. The first-order valence-electron chi connectivity index (χ1n) is 7.96. The van der Waals surface area contributed by atoms with Crippen LogP contribution in [-0.4, -0.2) is 18.4 Å². The summed E-state index contributed by atoms with van der Waals surface area (Å²) in [6.07, 6.45) is 10.5. The molecule has 0 fully saturated rings. The molecule has 0 aromatic carbocycles. The summed E-state index contributed by atoms with van der Waals surface area (Å²) in [7, 11) is 0. The molecule has 0 saturated heterocycles. The zero-order valence-electron chi connectivity index (χ0n) is 13.2. The summed E-state index contributed by atoms with van der Waals surface area (Å²) in [5.74, 6) is 0. The SMILES string of the molecule is C=C/C(C)=[CH]/[Sn]([CH2]CCC)([CH2]CCC)[CH2]CCC. The molecular formula is C17H34Sn. The van der Waals surface area contributed by atoms with E-state index >= 15 is 0 Å². The zero-order valence-corrected chi connectivity index (χ0v) is 16.1. The Morgan fingerprint density at radius 3 is 1.56 bits per heavy atom. The molecule has 0 aliphatic heterocycles. The third-order valence-electron chi connectivity index (χ3n) is 3.94. The number of hydrogen-bond donors (Lipinski definition) is 0. The van der Waals surface area contributed by atoms with Crippen LogP contribution in [0, 0.1) is 0 Å². The summed E-state index contributed by atoms with van der Waals surface area (Å²) in [5, 5.41) is 0. The quantitative estimate of drug-likeness (QED) is 0.292. The Morgan fingerprint density at radius 2 is 1.28 bits per heavy atom. The Bertz CT molecular complexity index is 218. The van der Waals surface area contributed by atoms with Gasteiger partial charge in [0.1, 0.15) is 0 Å². The molecule has 1 heteroatoms. The number of rotatable bonds is 11. The van der Waals surface area contributed by atoms with Crippen molar-refractivity contribution in [1.29, 1.82) is 0 Å². The van der Waals surface area contributed by atoms with E-state index in [2.05, 4.69) is 44.4 Å². The second-order valence-corrected chi connectivity index (χ2v) is 18.6. The first-order valence-corrected chi connectivity index (χ1v) is 15.7. The van der Waals surface area contributed by atoms with Crippen LogP contribution in [0.15, 0.2) is 22.3 Å². The maximum absolute atomic E-state index is 3.95. The van der Waals surface area contributed by atoms with Gasteiger partial charge in [-0.15, -0.1) is 0 Å². The van der Waals surface area contributed by atoms with Crippen LogP contribution in [0.2, 0.25) is 13.3 Å². The van der Waals surface area contributed by atoms with E-state index < -0.39 is 18.4 Å². The molecule has 0 aromatic heterocycles. The van der Waals surface area contributed by atoms with Crippen molar-refractivity contribution in [1.82, 2.24) is 0 Å². The molecule has 0 rings (SSSR count). The average molecular weight is 357 g/mol. The first-order chi connectivity index (χ1) is 8.64. The normalized spacial score (nSPS) is 12.8. The van der Waals surface area contributed by atoms with Crippen molar-refractivity contribution in [2.75, 3.05) is 0 Å². The maximum atomic E-state index is 3.95. The van der Waals surface area contributed by atoms with Crippen LogP contribution >= 0.6 is 0 Å². The summed E-state index contributed by atoms with van der Waals surface area (Å²) >= 11 is -2.01. The molecule has 0 N–H and O–H groups in total. The summed E-state index contributed by atoms with van der Waals surface area (Å²) < 4.78 is 7.44. The number of hydrogen-bond acceptors (Lipinski definition) is 0. The van der Waals surface area contributed by atoms with Gasteiger partial charge >= 0.3 is 120 Å². The van der Waals surface area contributed by atoms with Gasteiger partial charge in [-0.2, -0.15) is 0 Å². The van der Waals surface area contributed by atoms with E-state index in [4.69, 9.17) is 0 Å². The van der Waals surface area contributed by atoms with E-state index in [-0.39, 0.29) is 0 Å². The van der Waals surface area contributed by atoms with Crippen molar-refractivity contribution in [2.24, 2.45) is 0 Å². The Labute approximate surface area is 120 Å². The Hall–Kier alpha value is 0.279. The van der Waals surface area contributed by atoms with Gasteiger partial charge in [-0.1, -0.05) is 0 Å². The van der Waals surface area contributed by atoms with Crippen LogP contribution in [0.1, 0.15) is 66.2 Å². The van der Waals surface area contributed by atoms with Gasteiger partial charge in [-0.05, 0) is 0 Å². The molecule has 0 nitrogen and oxygen atoms in total. The van der Waals surface area contributed by atoms with Crippen LogP contribution in [0.25, 0.3) is 0 Å². The summed E-state index contributed by atoms with van der Waals surface area (Å²) in [6.45, 7) is 13.2. The van der Waals surface area contributed by atoms with E-state index in [0.717, 1.165) is 0 Å². The topological polar surface area (TPSA) is 0 Å². The molecule has 0 spiro atoms. The van der Waals surface area contributed by atoms with Crippen molar-refractivity contribution in [3.05, 3.63) is 22.3 Å². The van der Waals surface area contributed by atoms with Gasteiger partial charge in [-0.25, -0.2) is 0 Å². The van der Waals surface area contributed by atoms with Crippen LogP contribution < -0.4 is 0 Å². The van der Waals surface area contributed by atoms with Gasteiger partial charge in [0.2, 0.25) is 0 Å². The predicted molar refractivity (Wildman–Crippen MR) is 88.9 cm³/mol. The van der Waals surface area contributed by atoms with Crippen LogP contribution in [-0.2, 0) is 0 Å². The fraction of sp³-hybridized carbons (Fsp3) is 0.765. The van der Waals surface area contributed by atoms with Crippen molar-refractivity contribution in [3.63, 3.8) is 0 Å². The van der Waals surface area contributed by atoms with Crippen molar-refractivity contribution in [2.45, 2.75) is 79.5 Å². The average Bonchev–Trinajstić information content (AvgIpc) is 2.40. The standard InChI is InChI=1S/C5H7.3C4H9.Sn/c1-4-5(2)3;3*1-3-4-2;/h2,4H,1H2,3H3;3*1,3-4H2,2H3;. The minimum atomic E-state index is -2.01. The fourth-order valence-electron chi connectivity index (χ4n) is 2.72. The van der Waals surface area contributed by atoms with Crippen molar-refractivity contribution < 1.29 is 0 Å². The molecule has 0 atom stereocenters. The summed E-state index contributed by atoms with van der Waals surface area (Å²) in [6, 6.07) is 0. The number of allylic oxidation sites excluding steroid dienone is 2. The van der Waals surface area contributed by atoms with Crippen LogP contribution in [0.3, 0.4) is 0 Å². The van der Waals surface area contributed by atoms with Gasteiger partial charge in [0, 0.05) is 0 Å². The minimum absolute atomic E-state index is 1.36. The molecule has 0 aliphatic rings. The van der Waals surface area contributed by atoms with E-state index in [9.17, 15) is 0 Å². The number of unbranched alkanes of at least 4 members (excludes halogenated alkanes) is 3. The molecule has 106 valence electrons. The molecule has 0 heterocycles. The Balaban J connectivity index is 4.90. The first kappa shape index (κ1) is 18.3. The van der Waals surface area contributed by atoms with Gasteiger partial charge < -0.3 is 0 Å². The molecule has 0 radical (unpaired) electrons. The van der Waals surface area contributed by atoms with E-state index in [0.29, 0.717) is 0 Å². The molecule has 0 saturated carbocycles. The molecule has 0 unspecified atom stereocenters. The molecule has 0 aliphatic carbocycles. The van der Waals surface area contributed by atoms with Crippen molar-refractivity contribution in [3.8, 4) is 0 Å². The molecular weight excluding hydrogens is 323 g/mol. The van der Waals surface area contributed by atoms with Crippen molar-refractivity contribution >= 4 is 18.4 Å². The van der Waals surface area contributed by atoms with E-state index in [1.165, 1.54) is 44.1 Å². The molecule has 0 aromatic rings. The summed E-state index contributed by atoms with van der Waals surface area (Å²) in [4.78, 5) is 0. The predicted octanol–water partition coefficient (Wildman–Crippen LogP) is 6.51. The van der Waals surface area contributed by atoms with Crippen LogP contribution in [0.4, 0.5) is 0 Å². The Morgan fingerprint density at radius 1 is 0.889 bits per heavy atom. The third-order valence-corrected chi connectivity index (χ3v) is 18.5. The zero-order chi connectivity index (χ0) is 13.9. The van der Waals surface area contributed by atoms with Crippen LogP contribution in [0.5, 0.6) is 0 Å². The molecule has 0 bridgehead atoms. The fourth-order valence-corrected chi connectivity index (χ4v) is 18.2. The van der Waals surface area contributed by atoms with E-state index in [1.54, 1.807) is 13.3 Å². The van der Waals surface area contributed by atoms with Gasteiger partial charge in [0.15, 0.2) is 0 Å².